The molecule has 0 aromatic carbocycles. The van der Waals surface area contributed by atoms with Gasteiger partial charge in [-0.3, -0.25) is 0 Å². The molecule has 0 aromatic rings. The molecule has 2 rings (SSSR count). The second kappa shape index (κ2) is 1.10. The molecule has 1 nitrogen and oxygen atoms in total. The van der Waals surface area contributed by atoms with E-state index in [1.165, 1.54) is 12.8 Å². The molecule has 1 heteroatoms. The molecule has 0 saturated carbocycles. The molecule has 1 fully saturated rings. The van der Waals surface area contributed by atoms with Gasteiger partial charge in [0.2, 0.25) is 0 Å². The quantitative estimate of drug-likeness (QED) is 0.325. The Morgan fingerprint density at radius 3 is 3.14 bits per heavy atom. The van der Waals surface area contributed by atoms with Gasteiger partial charge in [0.25, 0.3) is 0 Å². The molecule has 2 atom stereocenters. The van der Waals surface area contributed by atoms with Crippen LogP contribution in [-0.2, 0) is 4.74 Å². The molecule has 2 aliphatic rings. The molecule has 1 saturated heterocycles. The van der Waals surface area contributed by atoms with Gasteiger partial charge in [0, 0.05) is 0 Å². The van der Waals surface area contributed by atoms with Crippen molar-refractivity contribution < 1.29 is 4.74 Å². The minimum absolute atomic E-state index is 0.522. The molecule has 1 aliphatic heterocycles. The molecular weight excluding hydrogens is 88.1 g/mol. The zero-order valence-electron chi connectivity index (χ0n) is 4.13. The summed E-state index contributed by atoms with van der Waals surface area (Å²) in [5, 5.41) is 0. The fraction of sp³-hybridized carbons (Fsp3) is 0.667. The van der Waals surface area contributed by atoms with Gasteiger partial charge in [0.1, 0.15) is 6.10 Å². The molecular formula is C6H8O. The maximum absolute atomic E-state index is 5.19. The highest BCUT2D eigenvalue weighted by Crippen LogP contribution is 2.31. The summed E-state index contributed by atoms with van der Waals surface area (Å²) in [5.74, 6) is 0. The van der Waals surface area contributed by atoms with Gasteiger partial charge in [-0.25, -0.2) is 0 Å². The van der Waals surface area contributed by atoms with E-state index in [0.29, 0.717) is 12.2 Å². The van der Waals surface area contributed by atoms with E-state index in [0.717, 1.165) is 0 Å². The van der Waals surface area contributed by atoms with Crippen LogP contribution in [0.4, 0.5) is 0 Å². The number of epoxide rings is 1. The lowest BCUT2D eigenvalue weighted by atomic mass is 10.1. The van der Waals surface area contributed by atoms with Crippen molar-refractivity contribution in [3.63, 3.8) is 0 Å². The van der Waals surface area contributed by atoms with Gasteiger partial charge in [-0.05, 0) is 12.8 Å². The van der Waals surface area contributed by atoms with E-state index in [4.69, 9.17) is 4.74 Å². The number of hydrogen-bond acceptors (Lipinski definition) is 1. The lowest BCUT2D eigenvalue weighted by Gasteiger charge is -1.91. The third kappa shape index (κ3) is 0.484. The van der Waals surface area contributed by atoms with Crippen LogP contribution in [0, 0.1) is 0 Å². The Morgan fingerprint density at radius 1 is 1.57 bits per heavy atom. The smallest absolute Gasteiger partial charge is 0.102 e. The standard InChI is InChI=1S/C6H8O/c1-2-4-6-5(3-1)7-6/h1,3,5-6H,2,4H2/t5-,6+/m0/s1. The Kier molecular flexibility index (Phi) is 0.577. The van der Waals surface area contributed by atoms with Crippen molar-refractivity contribution in [2.24, 2.45) is 0 Å². The molecule has 0 amide bonds. The summed E-state index contributed by atoms with van der Waals surface area (Å²) in [4.78, 5) is 0. The topological polar surface area (TPSA) is 12.5 Å². The van der Waals surface area contributed by atoms with E-state index >= 15 is 0 Å². The van der Waals surface area contributed by atoms with Gasteiger partial charge in [0.05, 0.1) is 6.10 Å². The van der Waals surface area contributed by atoms with Gasteiger partial charge in [-0.1, -0.05) is 12.2 Å². The van der Waals surface area contributed by atoms with Crippen molar-refractivity contribution in [3.8, 4) is 0 Å². The van der Waals surface area contributed by atoms with Crippen LogP contribution in [0.15, 0.2) is 12.2 Å². The van der Waals surface area contributed by atoms with Gasteiger partial charge in [-0.2, -0.15) is 0 Å². The van der Waals surface area contributed by atoms with Crippen molar-refractivity contribution in [2.45, 2.75) is 25.0 Å². The third-order valence-electron chi connectivity index (χ3n) is 1.57. The van der Waals surface area contributed by atoms with E-state index in [1.54, 1.807) is 0 Å². The highest BCUT2D eigenvalue weighted by Gasteiger charge is 2.37. The van der Waals surface area contributed by atoms with Crippen LogP contribution >= 0.6 is 0 Å². The lowest BCUT2D eigenvalue weighted by Crippen LogP contribution is -1.93. The van der Waals surface area contributed by atoms with E-state index in [-0.39, 0.29) is 0 Å². The number of hydrogen-bond donors (Lipinski definition) is 0. The highest BCUT2D eigenvalue weighted by molar-refractivity contribution is 5.07. The molecule has 0 aromatic heterocycles. The predicted octanol–water partition coefficient (Wildman–Crippen LogP) is 1.10. The summed E-state index contributed by atoms with van der Waals surface area (Å²) >= 11 is 0. The number of rotatable bonds is 0. The third-order valence-corrected chi connectivity index (χ3v) is 1.57. The maximum Gasteiger partial charge on any atom is 0.102 e. The Bertz CT molecular complexity index is 107. The van der Waals surface area contributed by atoms with Crippen LogP contribution in [-0.4, -0.2) is 12.2 Å². The van der Waals surface area contributed by atoms with Crippen molar-refractivity contribution in [1.29, 1.82) is 0 Å². The summed E-state index contributed by atoms with van der Waals surface area (Å²) < 4.78 is 5.19. The Hall–Kier alpha value is -0.300. The van der Waals surface area contributed by atoms with Crippen molar-refractivity contribution >= 4 is 0 Å². The van der Waals surface area contributed by atoms with Crippen molar-refractivity contribution in [2.75, 3.05) is 0 Å². The summed E-state index contributed by atoms with van der Waals surface area (Å²) in [5.41, 5.74) is 0. The van der Waals surface area contributed by atoms with Gasteiger partial charge in [-0.15, -0.1) is 0 Å². The molecule has 1 heterocycles. The van der Waals surface area contributed by atoms with Crippen LogP contribution in [0.25, 0.3) is 0 Å². The molecule has 0 bridgehead atoms. The molecule has 38 valence electrons. The SMILES string of the molecule is C1=C[C@@H]2O[C@@H]2CC1. The zero-order valence-corrected chi connectivity index (χ0v) is 4.13. The van der Waals surface area contributed by atoms with E-state index < -0.39 is 0 Å². The maximum atomic E-state index is 5.19. The predicted molar refractivity (Wildman–Crippen MR) is 27.0 cm³/mol. The number of fused-ring (bicyclic) bond motifs is 1. The summed E-state index contributed by atoms with van der Waals surface area (Å²) in [7, 11) is 0. The van der Waals surface area contributed by atoms with Gasteiger partial charge < -0.3 is 4.74 Å². The minimum Gasteiger partial charge on any atom is -0.365 e. The fourth-order valence-electron chi connectivity index (χ4n) is 1.05. The first kappa shape index (κ1) is 3.67. The number of allylic oxidation sites excluding steroid dienone is 1. The molecule has 0 unspecified atom stereocenters. The highest BCUT2D eigenvalue weighted by atomic mass is 16.6. The Labute approximate surface area is 43.0 Å². The Morgan fingerprint density at radius 2 is 2.57 bits per heavy atom. The minimum atomic E-state index is 0.522. The summed E-state index contributed by atoms with van der Waals surface area (Å²) in [6.07, 6.45) is 7.98. The first-order chi connectivity index (χ1) is 3.47. The van der Waals surface area contributed by atoms with Crippen LogP contribution in [0.5, 0.6) is 0 Å². The lowest BCUT2D eigenvalue weighted by molar-refractivity contribution is 0.385. The van der Waals surface area contributed by atoms with E-state index in [1.807, 2.05) is 0 Å². The largest absolute Gasteiger partial charge is 0.365 e. The van der Waals surface area contributed by atoms with Crippen molar-refractivity contribution in [3.05, 3.63) is 12.2 Å². The number of ether oxygens (including phenoxy) is 1. The summed E-state index contributed by atoms with van der Waals surface area (Å²) in [6.45, 7) is 0. The van der Waals surface area contributed by atoms with Crippen LogP contribution < -0.4 is 0 Å². The average Bonchev–Trinajstić information content (AvgIpc) is 2.41. The van der Waals surface area contributed by atoms with Gasteiger partial charge in [0.15, 0.2) is 0 Å². The molecule has 1 aliphatic carbocycles. The normalized spacial score (nSPS) is 45.7. The average molecular weight is 96.1 g/mol. The van der Waals surface area contributed by atoms with Crippen molar-refractivity contribution in [1.82, 2.24) is 0 Å². The molecule has 0 spiro atoms. The fourth-order valence-corrected chi connectivity index (χ4v) is 1.05. The van der Waals surface area contributed by atoms with Crippen LogP contribution in [0.2, 0.25) is 0 Å². The zero-order chi connectivity index (χ0) is 4.69. The second-order valence-corrected chi connectivity index (χ2v) is 2.14. The molecule has 0 N–H and O–H groups in total. The van der Waals surface area contributed by atoms with Crippen LogP contribution in [0.1, 0.15) is 12.8 Å². The Balaban J connectivity index is 2.14. The molecule has 7 heavy (non-hydrogen) atoms. The second-order valence-electron chi connectivity index (χ2n) is 2.14. The first-order valence-corrected chi connectivity index (χ1v) is 2.79. The van der Waals surface area contributed by atoms with E-state index in [9.17, 15) is 0 Å². The van der Waals surface area contributed by atoms with Crippen LogP contribution in [0.3, 0.4) is 0 Å². The van der Waals surface area contributed by atoms with Gasteiger partial charge >= 0.3 is 0 Å². The monoisotopic (exact) mass is 96.1 g/mol. The first-order valence-electron chi connectivity index (χ1n) is 2.79. The molecule has 0 radical (unpaired) electrons. The summed E-state index contributed by atoms with van der Waals surface area (Å²) in [6, 6.07) is 0. The van der Waals surface area contributed by atoms with E-state index in [2.05, 4.69) is 12.2 Å².